The second-order valence-corrected chi connectivity index (χ2v) is 7.22. The van der Waals surface area contributed by atoms with Crippen LogP contribution < -0.4 is 10.0 Å². The zero-order chi connectivity index (χ0) is 18.9. The summed E-state index contributed by atoms with van der Waals surface area (Å²) in [6, 6.07) is 5.62. The van der Waals surface area contributed by atoms with Gasteiger partial charge >= 0.3 is 5.97 Å². The van der Waals surface area contributed by atoms with E-state index in [1.54, 1.807) is 0 Å². The number of halogens is 1. The molecule has 0 bridgehead atoms. The monoisotopic (exact) mass is 392 g/mol. The number of amides is 1. The van der Waals surface area contributed by atoms with Gasteiger partial charge < -0.3 is 14.8 Å². The lowest BCUT2D eigenvalue weighted by molar-refractivity contribution is -0.154. The molecule has 0 aliphatic rings. The predicted octanol–water partition coefficient (Wildman–Crippen LogP) is 0.703. The highest BCUT2D eigenvalue weighted by Crippen LogP contribution is 2.13. The number of esters is 1. The van der Waals surface area contributed by atoms with Gasteiger partial charge in [-0.15, -0.1) is 0 Å². The molecule has 0 spiro atoms. The van der Waals surface area contributed by atoms with Crippen molar-refractivity contribution >= 4 is 33.5 Å². The summed E-state index contributed by atoms with van der Waals surface area (Å²) >= 11 is 5.71. The van der Waals surface area contributed by atoms with Crippen LogP contribution in [0.5, 0.6) is 0 Å². The zero-order valence-electron chi connectivity index (χ0n) is 14.0. The fourth-order valence-electron chi connectivity index (χ4n) is 1.71. The Labute approximate surface area is 151 Å². The molecule has 2 N–H and O–H groups in total. The number of hydrogen-bond acceptors (Lipinski definition) is 6. The maximum atomic E-state index is 12.0. The van der Waals surface area contributed by atoms with Crippen LogP contribution in [0, 0.1) is 0 Å². The Morgan fingerprint density at radius 1 is 1.20 bits per heavy atom. The first-order valence-electron chi connectivity index (χ1n) is 7.47. The standard InChI is InChI=1S/C15H21ClN2O6S/c1-11(15(20)17-9-10-23-2)24-14(19)7-8-18-25(21,22)13-5-3-12(16)4-6-13/h3-6,11,18H,7-10H2,1-2H3,(H,17,20)/t11-/m0/s1. The molecule has 1 amide bonds. The summed E-state index contributed by atoms with van der Waals surface area (Å²) in [5, 5.41) is 2.95. The molecule has 0 saturated carbocycles. The molecule has 140 valence electrons. The number of hydrogen-bond donors (Lipinski definition) is 2. The lowest BCUT2D eigenvalue weighted by atomic mass is 10.3. The molecule has 1 aromatic rings. The number of benzene rings is 1. The van der Waals surface area contributed by atoms with E-state index in [9.17, 15) is 18.0 Å². The summed E-state index contributed by atoms with van der Waals surface area (Å²) in [6.45, 7) is 1.93. The lowest BCUT2D eigenvalue weighted by Gasteiger charge is -2.13. The number of rotatable bonds is 10. The van der Waals surface area contributed by atoms with E-state index in [0.717, 1.165) is 0 Å². The molecule has 1 rings (SSSR count). The van der Waals surface area contributed by atoms with Crippen LogP contribution in [0.2, 0.25) is 5.02 Å². The van der Waals surface area contributed by atoms with Gasteiger partial charge in [0.25, 0.3) is 5.91 Å². The van der Waals surface area contributed by atoms with Crippen molar-refractivity contribution in [3.05, 3.63) is 29.3 Å². The van der Waals surface area contributed by atoms with Crippen LogP contribution in [0.25, 0.3) is 0 Å². The van der Waals surface area contributed by atoms with Crippen molar-refractivity contribution in [2.75, 3.05) is 26.8 Å². The van der Waals surface area contributed by atoms with Crippen LogP contribution in [0.15, 0.2) is 29.2 Å². The van der Waals surface area contributed by atoms with E-state index in [1.807, 2.05) is 0 Å². The average Bonchev–Trinajstić information content (AvgIpc) is 2.55. The van der Waals surface area contributed by atoms with E-state index in [0.29, 0.717) is 18.2 Å². The zero-order valence-corrected chi connectivity index (χ0v) is 15.5. The van der Waals surface area contributed by atoms with Crippen LogP contribution in [-0.4, -0.2) is 53.2 Å². The highest BCUT2D eigenvalue weighted by molar-refractivity contribution is 7.89. The normalized spacial score (nSPS) is 12.4. The van der Waals surface area contributed by atoms with Crippen LogP contribution in [0.4, 0.5) is 0 Å². The number of ether oxygens (including phenoxy) is 2. The smallest absolute Gasteiger partial charge is 0.307 e. The minimum absolute atomic E-state index is 0.0381. The molecule has 0 aliphatic carbocycles. The minimum Gasteiger partial charge on any atom is -0.453 e. The Morgan fingerprint density at radius 3 is 2.44 bits per heavy atom. The van der Waals surface area contributed by atoms with E-state index < -0.39 is 28.0 Å². The second kappa shape index (κ2) is 10.3. The SMILES string of the molecule is COCCNC(=O)[C@H](C)OC(=O)CCNS(=O)(=O)c1ccc(Cl)cc1. The molecule has 0 aliphatic heterocycles. The van der Waals surface area contributed by atoms with Gasteiger partial charge in [0, 0.05) is 25.2 Å². The van der Waals surface area contributed by atoms with Crippen molar-refractivity contribution in [3.8, 4) is 0 Å². The molecule has 1 atom stereocenters. The third-order valence-electron chi connectivity index (χ3n) is 3.03. The quantitative estimate of drug-likeness (QED) is 0.448. The summed E-state index contributed by atoms with van der Waals surface area (Å²) in [5.41, 5.74) is 0. The molecule has 0 aromatic heterocycles. The topological polar surface area (TPSA) is 111 Å². The van der Waals surface area contributed by atoms with Gasteiger partial charge in [-0.3, -0.25) is 9.59 Å². The Hall–Kier alpha value is -1.68. The van der Waals surface area contributed by atoms with Crippen LogP contribution in [0.1, 0.15) is 13.3 Å². The summed E-state index contributed by atoms with van der Waals surface area (Å²) in [5.74, 6) is -1.14. The molecule has 0 radical (unpaired) electrons. The van der Waals surface area contributed by atoms with E-state index in [1.165, 1.54) is 38.3 Å². The molecular weight excluding hydrogens is 372 g/mol. The van der Waals surface area contributed by atoms with Crippen LogP contribution in [0.3, 0.4) is 0 Å². The highest BCUT2D eigenvalue weighted by Gasteiger charge is 2.18. The van der Waals surface area contributed by atoms with E-state index in [2.05, 4.69) is 10.0 Å². The van der Waals surface area contributed by atoms with E-state index in [4.69, 9.17) is 21.1 Å². The largest absolute Gasteiger partial charge is 0.453 e. The van der Waals surface area contributed by atoms with Crippen molar-refractivity contribution in [1.29, 1.82) is 0 Å². The summed E-state index contributed by atoms with van der Waals surface area (Å²) in [6.07, 6.45) is -1.18. The first-order chi connectivity index (χ1) is 11.8. The van der Waals surface area contributed by atoms with Crippen molar-refractivity contribution in [1.82, 2.24) is 10.0 Å². The maximum Gasteiger partial charge on any atom is 0.307 e. The molecule has 0 fully saturated rings. The highest BCUT2D eigenvalue weighted by atomic mass is 35.5. The van der Waals surface area contributed by atoms with Gasteiger partial charge in [-0.1, -0.05) is 11.6 Å². The number of carbonyl (C=O) groups excluding carboxylic acids is 2. The van der Waals surface area contributed by atoms with Gasteiger partial charge in [-0.2, -0.15) is 0 Å². The first-order valence-corrected chi connectivity index (χ1v) is 9.33. The maximum absolute atomic E-state index is 12.0. The molecule has 0 unspecified atom stereocenters. The summed E-state index contributed by atoms with van der Waals surface area (Å²) < 4.78 is 36.0. The average molecular weight is 393 g/mol. The Kier molecular flexibility index (Phi) is 8.84. The number of carbonyl (C=O) groups is 2. The molecule has 25 heavy (non-hydrogen) atoms. The number of nitrogens with one attached hydrogen (secondary N) is 2. The molecule has 8 nitrogen and oxygen atoms in total. The Bertz CT molecular complexity index is 678. The minimum atomic E-state index is -3.74. The van der Waals surface area contributed by atoms with E-state index in [-0.39, 0.29) is 17.9 Å². The third kappa shape index (κ3) is 7.82. The Balaban J connectivity index is 2.38. The summed E-state index contributed by atoms with van der Waals surface area (Å²) in [4.78, 5) is 23.3. The molecule has 0 heterocycles. The van der Waals surface area contributed by atoms with Crippen LogP contribution in [-0.2, 0) is 29.1 Å². The first kappa shape index (κ1) is 21.4. The number of methoxy groups -OCH3 is 1. The third-order valence-corrected chi connectivity index (χ3v) is 4.76. The Morgan fingerprint density at radius 2 is 1.84 bits per heavy atom. The van der Waals surface area contributed by atoms with Gasteiger partial charge in [0.2, 0.25) is 10.0 Å². The molecule has 10 heteroatoms. The van der Waals surface area contributed by atoms with Crippen molar-refractivity contribution in [2.45, 2.75) is 24.3 Å². The number of sulfonamides is 1. The van der Waals surface area contributed by atoms with Gasteiger partial charge in [0.1, 0.15) is 0 Å². The molecule has 1 aromatic carbocycles. The van der Waals surface area contributed by atoms with Gasteiger partial charge in [-0.25, -0.2) is 13.1 Å². The van der Waals surface area contributed by atoms with Crippen LogP contribution >= 0.6 is 11.6 Å². The van der Waals surface area contributed by atoms with Crippen molar-refractivity contribution in [2.24, 2.45) is 0 Å². The lowest BCUT2D eigenvalue weighted by Crippen LogP contribution is -2.38. The van der Waals surface area contributed by atoms with Gasteiger partial charge in [0.15, 0.2) is 6.10 Å². The second-order valence-electron chi connectivity index (χ2n) is 5.02. The van der Waals surface area contributed by atoms with Crippen molar-refractivity contribution in [3.63, 3.8) is 0 Å². The van der Waals surface area contributed by atoms with E-state index >= 15 is 0 Å². The van der Waals surface area contributed by atoms with Gasteiger partial charge in [-0.05, 0) is 31.2 Å². The molecule has 0 saturated heterocycles. The predicted molar refractivity (Wildman–Crippen MR) is 91.7 cm³/mol. The molecular formula is C15H21ClN2O6S. The summed E-state index contributed by atoms with van der Waals surface area (Å²) in [7, 11) is -2.24. The fraction of sp³-hybridized carbons (Fsp3) is 0.467. The van der Waals surface area contributed by atoms with Gasteiger partial charge in [0.05, 0.1) is 17.9 Å². The fourth-order valence-corrected chi connectivity index (χ4v) is 2.87. The van der Waals surface area contributed by atoms with Crippen molar-refractivity contribution < 1.29 is 27.5 Å².